The van der Waals surface area contributed by atoms with Crippen LogP contribution in [0, 0.1) is 0 Å². The molecule has 2 aliphatic heterocycles. The number of hydrogen-bond acceptors (Lipinski definition) is 8. The van der Waals surface area contributed by atoms with Crippen LogP contribution in [0.2, 0.25) is 10.0 Å². The predicted octanol–water partition coefficient (Wildman–Crippen LogP) is 4.65. The number of rotatable bonds is 8. The van der Waals surface area contributed by atoms with Gasteiger partial charge < -0.3 is 28.6 Å². The molecule has 2 atom stereocenters. The minimum Gasteiger partial charge on any atom is -0.491 e. The molecule has 0 amide bonds. The van der Waals surface area contributed by atoms with Gasteiger partial charge in [-0.15, -0.1) is 0 Å². The molecule has 39 heavy (non-hydrogen) atoms. The van der Waals surface area contributed by atoms with E-state index in [1.54, 1.807) is 37.1 Å². The number of imidazole rings is 1. The van der Waals surface area contributed by atoms with Crippen molar-refractivity contribution in [2.75, 3.05) is 49.2 Å². The molecule has 2 aromatic carbocycles. The maximum absolute atomic E-state index is 6.56. The maximum atomic E-state index is 6.56. The van der Waals surface area contributed by atoms with Gasteiger partial charge in [0.1, 0.15) is 18.5 Å². The Morgan fingerprint density at radius 3 is 2.44 bits per heavy atom. The fourth-order valence-corrected chi connectivity index (χ4v) is 5.49. The standard InChI is InChI=1S/C28H28Cl2N6O3/c29-21-2-7-25(26(30)16-21)28(19-34-11-10-31-20-34)38-18-24(39-28)17-37-23-5-3-22(4-6-23)35-12-14-36(15-13-35)27-32-8-1-9-33-27/h1-11,16,20,24H,12-15,17-19H2/t24-,28-/m1/s1. The van der Waals surface area contributed by atoms with E-state index in [0.717, 1.165) is 43.6 Å². The van der Waals surface area contributed by atoms with Crippen LogP contribution >= 0.6 is 23.2 Å². The highest BCUT2D eigenvalue weighted by Gasteiger charge is 2.45. The van der Waals surface area contributed by atoms with Gasteiger partial charge in [0.15, 0.2) is 0 Å². The second-order valence-corrected chi connectivity index (χ2v) is 10.3. The molecule has 6 rings (SSSR count). The second-order valence-electron chi connectivity index (χ2n) is 9.49. The summed E-state index contributed by atoms with van der Waals surface area (Å²) in [5.41, 5.74) is 1.88. The molecule has 202 valence electrons. The van der Waals surface area contributed by atoms with Gasteiger partial charge in [-0.25, -0.2) is 15.0 Å². The average Bonchev–Trinajstić information content (AvgIpc) is 3.63. The lowest BCUT2D eigenvalue weighted by Gasteiger charge is -2.36. The number of benzene rings is 2. The summed E-state index contributed by atoms with van der Waals surface area (Å²) in [5.74, 6) is 0.481. The summed E-state index contributed by atoms with van der Waals surface area (Å²) >= 11 is 12.7. The number of nitrogens with zero attached hydrogens (tertiary/aromatic N) is 6. The Morgan fingerprint density at radius 1 is 0.949 bits per heavy atom. The van der Waals surface area contributed by atoms with Crippen LogP contribution in [0.5, 0.6) is 5.75 Å². The molecule has 2 aromatic heterocycles. The van der Waals surface area contributed by atoms with Gasteiger partial charge in [-0.3, -0.25) is 0 Å². The molecule has 0 aliphatic carbocycles. The number of hydrogen-bond donors (Lipinski definition) is 0. The number of halogens is 2. The Kier molecular flexibility index (Phi) is 7.56. The fraction of sp³-hybridized carbons (Fsp3) is 0.321. The van der Waals surface area contributed by atoms with Gasteiger partial charge in [0.25, 0.3) is 0 Å². The molecule has 0 radical (unpaired) electrons. The molecule has 0 saturated carbocycles. The highest BCUT2D eigenvalue weighted by molar-refractivity contribution is 6.35. The Morgan fingerprint density at radius 2 is 1.72 bits per heavy atom. The molecule has 0 unspecified atom stereocenters. The molecule has 4 aromatic rings. The SMILES string of the molecule is Clc1ccc([C@]2(Cn3ccnc3)OC[C@@H](COc3ccc(N4CCN(c5ncccn5)CC4)cc3)O2)c(Cl)c1. The van der Waals surface area contributed by atoms with Crippen molar-refractivity contribution in [1.29, 1.82) is 0 Å². The lowest BCUT2D eigenvalue weighted by atomic mass is 10.1. The molecule has 4 heterocycles. The Balaban J connectivity index is 1.06. The summed E-state index contributed by atoms with van der Waals surface area (Å²) in [6, 6.07) is 15.3. The van der Waals surface area contributed by atoms with Crippen molar-refractivity contribution >= 4 is 34.8 Å². The summed E-state index contributed by atoms with van der Waals surface area (Å²) in [5, 5.41) is 1.03. The first-order valence-corrected chi connectivity index (χ1v) is 13.6. The number of piperazine rings is 1. The lowest BCUT2D eigenvalue weighted by Crippen LogP contribution is -2.47. The van der Waals surface area contributed by atoms with Crippen molar-refractivity contribution in [1.82, 2.24) is 19.5 Å². The van der Waals surface area contributed by atoms with Gasteiger partial charge in [0.05, 0.1) is 24.5 Å². The lowest BCUT2D eigenvalue weighted by molar-refractivity contribution is -0.189. The van der Waals surface area contributed by atoms with Crippen LogP contribution in [0.3, 0.4) is 0 Å². The summed E-state index contributed by atoms with van der Waals surface area (Å²) in [6.45, 7) is 4.64. The monoisotopic (exact) mass is 566 g/mol. The average molecular weight is 567 g/mol. The van der Waals surface area contributed by atoms with E-state index in [0.29, 0.717) is 35.4 Å². The van der Waals surface area contributed by atoms with E-state index in [9.17, 15) is 0 Å². The molecular weight excluding hydrogens is 539 g/mol. The van der Waals surface area contributed by atoms with E-state index in [1.165, 1.54) is 0 Å². The van der Waals surface area contributed by atoms with Gasteiger partial charge in [-0.1, -0.05) is 29.3 Å². The third-order valence-electron chi connectivity index (χ3n) is 6.90. The summed E-state index contributed by atoms with van der Waals surface area (Å²) in [6.07, 6.45) is 8.57. The predicted molar refractivity (Wildman–Crippen MR) is 150 cm³/mol. The first-order chi connectivity index (χ1) is 19.1. The zero-order valence-electron chi connectivity index (χ0n) is 21.2. The topological polar surface area (TPSA) is 77.8 Å². The molecule has 11 heteroatoms. The van der Waals surface area contributed by atoms with E-state index >= 15 is 0 Å². The summed E-state index contributed by atoms with van der Waals surface area (Å²) < 4.78 is 20.7. The third-order valence-corrected chi connectivity index (χ3v) is 7.45. The van der Waals surface area contributed by atoms with Crippen LogP contribution in [-0.4, -0.2) is 65.0 Å². The van der Waals surface area contributed by atoms with E-state index in [1.807, 2.05) is 35.0 Å². The van der Waals surface area contributed by atoms with Crippen LogP contribution in [-0.2, 0) is 21.8 Å². The minimum absolute atomic E-state index is 0.284. The molecule has 0 bridgehead atoms. The van der Waals surface area contributed by atoms with Crippen molar-refractivity contribution in [2.24, 2.45) is 0 Å². The van der Waals surface area contributed by atoms with Gasteiger partial charge >= 0.3 is 0 Å². The molecule has 2 saturated heterocycles. The largest absolute Gasteiger partial charge is 0.491 e. The van der Waals surface area contributed by atoms with Crippen molar-refractivity contribution < 1.29 is 14.2 Å². The van der Waals surface area contributed by atoms with E-state index in [4.69, 9.17) is 37.4 Å². The van der Waals surface area contributed by atoms with Crippen LogP contribution in [0.15, 0.2) is 79.6 Å². The van der Waals surface area contributed by atoms with Crippen LogP contribution in [0.4, 0.5) is 11.6 Å². The van der Waals surface area contributed by atoms with Crippen LogP contribution < -0.4 is 14.5 Å². The Hall–Kier alpha value is -3.37. The second kappa shape index (κ2) is 11.4. The van der Waals surface area contributed by atoms with Crippen LogP contribution in [0.1, 0.15) is 5.56 Å². The maximum Gasteiger partial charge on any atom is 0.225 e. The third kappa shape index (κ3) is 5.81. The molecule has 0 N–H and O–H groups in total. The first kappa shape index (κ1) is 25.9. The summed E-state index contributed by atoms with van der Waals surface area (Å²) in [4.78, 5) is 17.4. The Bertz CT molecular complexity index is 1370. The molecule has 9 nitrogen and oxygen atoms in total. The number of aromatic nitrogens is 4. The minimum atomic E-state index is -1.08. The quantitative estimate of drug-likeness (QED) is 0.305. The van der Waals surface area contributed by atoms with Gasteiger partial charge in [0.2, 0.25) is 11.7 Å². The zero-order chi connectivity index (χ0) is 26.7. The van der Waals surface area contributed by atoms with Crippen molar-refractivity contribution in [3.8, 4) is 5.75 Å². The smallest absolute Gasteiger partial charge is 0.225 e. The van der Waals surface area contributed by atoms with E-state index in [2.05, 4.69) is 36.9 Å². The Labute approximate surface area is 236 Å². The zero-order valence-corrected chi connectivity index (χ0v) is 22.7. The first-order valence-electron chi connectivity index (χ1n) is 12.8. The molecule has 2 aliphatic rings. The summed E-state index contributed by atoms with van der Waals surface area (Å²) in [7, 11) is 0. The number of anilines is 2. The molecular formula is C28H28Cl2N6O3. The van der Waals surface area contributed by atoms with Gasteiger partial charge in [-0.2, -0.15) is 0 Å². The molecule has 2 fully saturated rings. The van der Waals surface area contributed by atoms with E-state index < -0.39 is 5.79 Å². The highest BCUT2D eigenvalue weighted by atomic mass is 35.5. The van der Waals surface area contributed by atoms with Crippen molar-refractivity contribution in [2.45, 2.75) is 18.4 Å². The fourth-order valence-electron chi connectivity index (χ4n) is 4.94. The normalized spacial score (nSPS) is 21.3. The van der Waals surface area contributed by atoms with Crippen molar-refractivity contribution in [3.63, 3.8) is 0 Å². The number of ether oxygens (including phenoxy) is 3. The van der Waals surface area contributed by atoms with Crippen LogP contribution in [0.25, 0.3) is 0 Å². The van der Waals surface area contributed by atoms with Crippen molar-refractivity contribution in [3.05, 3.63) is 95.3 Å². The molecule has 0 spiro atoms. The van der Waals surface area contributed by atoms with Gasteiger partial charge in [-0.05, 0) is 42.5 Å². The highest BCUT2D eigenvalue weighted by Crippen LogP contribution is 2.40. The van der Waals surface area contributed by atoms with E-state index in [-0.39, 0.29) is 6.10 Å². The van der Waals surface area contributed by atoms with Gasteiger partial charge in [0, 0.05) is 67.2 Å².